The molecule has 3 atom stereocenters. The van der Waals surface area contributed by atoms with Crippen LogP contribution in [0.3, 0.4) is 0 Å². The Balaban J connectivity index is 1.43. The van der Waals surface area contributed by atoms with Gasteiger partial charge in [-0.05, 0) is 55.9 Å². The van der Waals surface area contributed by atoms with Gasteiger partial charge in [0.1, 0.15) is 5.75 Å². The van der Waals surface area contributed by atoms with Gasteiger partial charge < -0.3 is 28.8 Å². The second-order valence-corrected chi connectivity index (χ2v) is 8.63. The summed E-state index contributed by atoms with van der Waals surface area (Å²) in [5.74, 6) is -1.66. The summed E-state index contributed by atoms with van der Waals surface area (Å²) in [5.41, 5.74) is 2.93. The number of carbonyl (C=O) groups excluding carboxylic acids is 2. The highest BCUT2D eigenvalue weighted by atomic mass is 16.7. The molecule has 0 aromatic heterocycles. The lowest BCUT2D eigenvalue weighted by atomic mass is 10.0. The Morgan fingerprint density at radius 1 is 0.865 bits per heavy atom. The van der Waals surface area contributed by atoms with Gasteiger partial charge in [0.2, 0.25) is 0 Å². The van der Waals surface area contributed by atoms with Crippen molar-refractivity contribution in [1.82, 2.24) is 0 Å². The van der Waals surface area contributed by atoms with Gasteiger partial charge in [-0.3, -0.25) is 0 Å². The van der Waals surface area contributed by atoms with Crippen molar-refractivity contribution in [2.75, 3.05) is 20.3 Å². The molecule has 1 aliphatic rings. The lowest BCUT2D eigenvalue weighted by Gasteiger charge is -2.11. The maximum Gasteiger partial charge on any atom is 0.338 e. The van der Waals surface area contributed by atoms with E-state index in [1.165, 1.54) is 7.11 Å². The second kappa shape index (κ2) is 13.6. The molecule has 0 amide bonds. The van der Waals surface area contributed by atoms with Crippen LogP contribution in [0.1, 0.15) is 44.5 Å². The number of methoxy groups -OCH3 is 1. The summed E-state index contributed by atoms with van der Waals surface area (Å²) in [6, 6.07) is 15.0. The fourth-order valence-electron chi connectivity index (χ4n) is 3.69. The molecular weight excluding hydrogens is 480 g/mol. The van der Waals surface area contributed by atoms with Gasteiger partial charge in [0.25, 0.3) is 0 Å². The molecule has 0 aliphatic carbocycles. The highest BCUT2D eigenvalue weighted by Crippen LogP contribution is 2.33. The van der Waals surface area contributed by atoms with Crippen molar-refractivity contribution in [3.8, 4) is 16.9 Å². The third-order valence-electron chi connectivity index (χ3n) is 5.75. The third-order valence-corrected chi connectivity index (χ3v) is 5.75. The molecule has 0 radical (unpaired) electrons. The molecule has 1 unspecified atom stereocenters. The fourth-order valence-corrected chi connectivity index (χ4v) is 3.69. The summed E-state index contributed by atoms with van der Waals surface area (Å²) in [6.45, 7) is 6.19. The molecule has 0 bridgehead atoms. The van der Waals surface area contributed by atoms with Crippen LogP contribution < -0.4 is 4.74 Å². The van der Waals surface area contributed by atoms with E-state index in [2.05, 4.69) is 11.3 Å². The first-order valence-corrected chi connectivity index (χ1v) is 12.1. The molecule has 37 heavy (non-hydrogen) atoms. The van der Waals surface area contributed by atoms with E-state index < -0.39 is 30.4 Å². The summed E-state index contributed by atoms with van der Waals surface area (Å²) in [4.78, 5) is 34.5. The number of carboxylic acid groups (broad SMARTS) is 1. The quantitative estimate of drug-likeness (QED) is 0.236. The predicted molar refractivity (Wildman–Crippen MR) is 134 cm³/mol. The summed E-state index contributed by atoms with van der Waals surface area (Å²) < 4.78 is 26.4. The zero-order valence-corrected chi connectivity index (χ0v) is 21.0. The molecule has 0 saturated carbocycles. The van der Waals surface area contributed by atoms with Crippen LogP contribution in [0.4, 0.5) is 0 Å². The Bertz CT molecular complexity index is 1080. The number of carbonyl (C=O) groups is 3. The number of aliphatic carboxylic acids is 1. The minimum atomic E-state index is -1.43. The number of esters is 2. The average molecular weight is 513 g/mol. The fraction of sp³-hybridized carbons (Fsp3) is 0.393. The Morgan fingerprint density at radius 3 is 2.00 bits per heavy atom. The molecule has 2 aromatic carbocycles. The Labute approximate surface area is 215 Å². The molecule has 9 nitrogen and oxygen atoms in total. The van der Waals surface area contributed by atoms with E-state index in [0.717, 1.165) is 42.6 Å². The topological polar surface area (TPSA) is 118 Å². The van der Waals surface area contributed by atoms with E-state index in [1.807, 2.05) is 36.4 Å². The highest BCUT2D eigenvalue weighted by molar-refractivity contribution is 5.87. The van der Waals surface area contributed by atoms with Crippen LogP contribution >= 0.6 is 0 Å². The summed E-state index contributed by atoms with van der Waals surface area (Å²) >= 11 is 0. The first kappa shape index (κ1) is 27.9. The van der Waals surface area contributed by atoms with Crippen LogP contribution in [0, 0.1) is 0 Å². The lowest BCUT2D eigenvalue weighted by molar-refractivity contribution is -0.158. The maximum atomic E-state index is 11.8. The zero-order valence-electron chi connectivity index (χ0n) is 21.0. The van der Waals surface area contributed by atoms with Crippen LogP contribution in [-0.4, -0.2) is 55.5 Å². The number of ether oxygens (including phenoxy) is 5. The zero-order chi connectivity index (χ0) is 26.8. The highest BCUT2D eigenvalue weighted by Gasteiger charge is 2.46. The first-order valence-electron chi connectivity index (χ1n) is 12.1. The van der Waals surface area contributed by atoms with Gasteiger partial charge in [-0.25, -0.2) is 14.4 Å². The Morgan fingerprint density at radius 2 is 1.43 bits per heavy atom. The van der Waals surface area contributed by atoms with Crippen LogP contribution in [0.2, 0.25) is 0 Å². The second-order valence-electron chi connectivity index (χ2n) is 8.63. The van der Waals surface area contributed by atoms with E-state index in [0.29, 0.717) is 24.4 Å². The SMILES string of the molecule is C=C(C)C(=O)OCCCCCCOc1ccc(-c2ccc(C3O[C@@H](C(=O)O)[C@H](C(=O)OC)O3)cc2)cc1. The van der Waals surface area contributed by atoms with Crippen molar-refractivity contribution in [2.45, 2.75) is 51.1 Å². The van der Waals surface area contributed by atoms with Crippen molar-refractivity contribution < 1.29 is 43.2 Å². The number of rotatable bonds is 13. The number of unbranched alkanes of at least 4 members (excludes halogenated alkanes) is 3. The standard InChI is InChI=1S/C28H32O9/c1-18(2)26(31)35-17-7-5-4-6-16-34-22-14-12-20(13-15-22)19-8-10-21(11-9-19)28-36-23(25(29)30)24(37-28)27(32)33-3/h8-15,23-24,28H,1,4-7,16-17H2,2-3H3,(H,29,30)/t23-,24-,28?/m1/s1. The molecule has 1 aliphatic heterocycles. The number of hydrogen-bond donors (Lipinski definition) is 1. The monoisotopic (exact) mass is 512 g/mol. The molecule has 3 rings (SSSR count). The minimum Gasteiger partial charge on any atom is -0.494 e. The van der Waals surface area contributed by atoms with Gasteiger partial charge >= 0.3 is 17.9 Å². The number of carboxylic acids is 1. The van der Waals surface area contributed by atoms with E-state index in [4.69, 9.17) is 18.9 Å². The third kappa shape index (κ3) is 7.90. The predicted octanol–water partition coefficient (Wildman–Crippen LogP) is 4.45. The molecular formula is C28H32O9. The molecule has 1 saturated heterocycles. The molecule has 1 heterocycles. The van der Waals surface area contributed by atoms with Gasteiger partial charge in [-0.15, -0.1) is 0 Å². The Hall–Kier alpha value is -3.69. The van der Waals surface area contributed by atoms with Crippen LogP contribution in [-0.2, 0) is 33.3 Å². The van der Waals surface area contributed by atoms with Crippen molar-refractivity contribution in [2.24, 2.45) is 0 Å². The molecule has 198 valence electrons. The molecule has 9 heteroatoms. The number of benzene rings is 2. The maximum absolute atomic E-state index is 11.8. The van der Waals surface area contributed by atoms with Crippen LogP contribution in [0.15, 0.2) is 60.7 Å². The van der Waals surface area contributed by atoms with E-state index in [-0.39, 0.29) is 5.97 Å². The van der Waals surface area contributed by atoms with Gasteiger partial charge in [0.15, 0.2) is 18.5 Å². The van der Waals surface area contributed by atoms with Crippen molar-refractivity contribution in [3.63, 3.8) is 0 Å². The largest absolute Gasteiger partial charge is 0.494 e. The molecule has 1 N–H and O–H groups in total. The average Bonchev–Trinajstić information content (AvgIpc) is 3.36. The minimum absolute atomic E-state index is 0.345. The van der Waals surface area contributed by atoms with Crippen molar-refractivity contribution in [1.29, 1.82) is 0 Å². The van der Waals surface area contributed by atoms with E-state index >= 15 is 0 Å². The van der Waals surface area contributed by atoms with E-state index in [1.54, 1.807) is 19.1 Å². The van der Waals surface area contributed by atoms with Crippen LogP contribution in [0.5, 0.6) is 5.75 Å². The van der Waals surface area contributed by atoms with Gasteiger partial charge in [0.05, 0.1) is 20.3 Å². The molecule has 2 aromatic rings. The van der Waals surface area contributed by atoms with E-state index in [9.17, 15) is 19.5 Å². The molecule has 1 fully saturated rings. The number of hydrogen-bond acceptors (Lipinski definition) is 8. The first-order chi connectivity index (χ1) is 17.8. The molecule has 0 spiro atoms. The normalized spacial score (nSPS) is 18.7. The summed E-state index contributed by atoms with van der Waals surface area (Å²) in [6.07, 6.45) is -0.0840. The lowest BCUT2D eigenvalue weighted by Crippen LogP contribution is -2.37. The van der Waals surface area contributed by atoms with Gasteiger partial charge in [-0.1, -0.05) is 43.0 Å². The van der Waals surface area contributed by atoms with Crippen LogP contribution in [0.25, 0.3) is 11.1 Å². The van der Waals surface area contributed by atoms with Gasteiger partial charge in [0, 0.05) is 11.1 Å². The smallest absolute Gasteiger partial charge is 0.338 e. The Kier molecular flexibility index (Phi) is 10.2. The van der Waals surface area contributed by atoms with Gasteiger partial charge in [-0.2, -0.15) is 0 Å². The summed E-state index contributed by atoms with van der Waals surface area (Å²) in [5, 5.41) is 9.31. The van der Waals surface area contributed by atoms with Crippen molar-refractivity contribution in [3.05, 3.63) is 66.2 Å². The van der Waals surface area contributed by atoms with Crippen molar-refractivity contribution >= 4 is 17.9 Å². The summed E-state index contributed by atoms with van der Waals surface area (Å²) in [7, 11) is 1.17.